The topological polar surface area (TPSA) is 133 Å². The lowest BCUT2D eigenvalue weighted by atomic mass is 10.1. The van der Waals surface area contributed by atoms with Crippen LogP contribution in [0.15, 0.2) is 47.4 Å². The molecule has 1 saturated heterocycles. The van der Waals surface area contributed by atoms with Gasteiger partial charge in [0.1, 0.15) is 5.75 Å². The molecule has 0 atom stereocenters. The molecule has 0 unspecified atom stereocenters. The maximum atomic E-state index is 13.4. The fourth-order valence-electron chi connectivity index (χ4n) is 4.77. The lowest BCUT2D eigenvalue weighted by Gasteiger charge is -2.28. The number of aryl methyl sites for hydroxylation is 1. The van der Waals surface area contributed by atoms with Crippen molar-refractivity contribution in [1.82, 2.24) is 19.5 Å². The number of rotatable bonds is 8. The molecule has 4 aromatic rings. The SMILES string of the molecule is CCc1c2cnc(Nc3ccc(N4CCOCC4)cc3)nc2nc(=O)n1-c1cc(OC)cc(NC(C)=O)c1OC. The van der Waals surface area contributed by atoms with E-state index in [-0.39, 0.29) is 11.6 Å². The Bertz CT molecular complexity index is 1600. The first kappa shape index (κ1) is 26.9. The van der Waals surface area contributed by atoms with Crippen LogP contribution in [0.3, 0.4) is 0 Å². The summed E-state index contributed by atoms with van der Waals surface area (Å²) >= 11 is 0. The number of ether oxygens (including phenoxy) is 3. The molecule has 0 spiro atoms. The van der Waals surface area contributed by atoms with Gasteiger partial charge in [-0.15, -0.1) is 0 Å². The summed E-state index contributed by atoms with van der Waals surface area (Å²) in [5, 5.41) is 6.54. The zero-order valence-corrected chi connectivity index (χ0v) is 22.9. The first-order valence-corrected chi connectivity index (χ1v) is 12.9. The number of aromatic nitrogens is 4. The number of carbonyl (C=O) groups excluding carboxylic acids is 1. The highest BCUT2D eigenvalue weighted by Crippen LogP contribution is 2.37. The minimum atomic E-state index is -0.552. The molecule has 1 aliphatic rings. The Morgan fingerprint density at radius 1 is 1.07 bits per heavy atom. The van der Waals surface area contributed by atoms with Gasteiger partial charge >= 0.3 is 5.69 Å². The van der Waals surface area contributed by atoms with Gasteiger partial charge in [0.2, 0.25) is 11.9 Å². The van der Waals surface area contributed by atoms with Crippen molar-refractivity contribution >= 4 is 40.0 Å². The predicted octanol–water partition coefficient (Wildman–Crippen LogP) is 3.29. The smallest absolute Gasteiger partial charge is 0.354 e. The van der Waals surface area contributed by atoms with E-state index in [9.17, 15) is 9.59 Å². The zero-order valence-electron chi connectivity index (χ0n) is 22.9. The number of hydrogen-bond acceptors (Lipinski definition) is 10. The Hall–Kier alpha value is -4.71. The van der Waals surface area contributed by atoms with Crippen LogP contribution in [-0.2, 0) is 16.0 Å². The average Bonchev–Trinajstić information content (AvgIpc) is 2.96. The molecule has 3 heterocycles. The van der Waals surface area contributed by atoms with Crippen molar-refractivity contribution in [2.24, 2.45) is 0 Å². The van der Waals surface area contributed by atoms with Crippen LogP contribution in [0.2, 0.25) is 0 Å². The second-order valence-electron chi connectivity index (χ2n) is 9.14. The van der Waals surface area contributed by atoms with Crippen LogP contribution < -0.4 is 30.7 Å². The largest absolute Gasteiger partial charge is 0.497 e. The Morgan fingerprint density at radius 2 is 1.82 bits per heavy atom. The van der Waals surface area contributed by atoms with Crippen molar-refractivity contribution in [1.29, 1.82) is 0 Å². The lowest BCUT2D eigenvalue weighted by molar-refractivity contribution is -0.114. The van der Waals surface area contributed by atoms with Gasteiger partial charge in [-0.05, 0) is 30.7 Å². The third kappa shape index (κ3) is 5.38. The zero-order chi connectivity index (χ0) is 28.2. The van der Waals surface area contributed by atoms with Crippen molar-refractivity contribution in [3.8, 4) is 17.2 Å². The number of benzene rings is 2. The van der Waals surface area contributed by atoms with Gasteiger partial charge in [-0.25, -0.2) is 9.78 Å². The van der Waals surface area contributed by atoms with Gasteiger partial charge in [-0.3, -0.25) is 9.36 Å². The molecule has 1 amide bonds. The molecule has 0 radical (unpaired) electrons. The summed E-state index contributed by atoms with van der Waals surface area (Å²) in [7, 11) is 2.97. The number of fused-ring (bicyclic) bond motifs is 1. The summed E-state index contributed by atoms with van der Waals surface area (Å²) < 4.78 is 17.9. The van der Waals surface area contributed by atoms with Gasteiger partial charge in [0, 0.05) is 55.4 Å². The average molecular weight is 546 g/mol. The van der Waals surface area contributed by atoms with Gasteiger partial charge in [0.25, 0.3) is 0 Å². The van der Waals surface area contributed by atoms with E-state index in [0.717, 1.165) is 37.7 Å². The molecule has 0 aliphatic carbocycles. The van der Waals surface area contributed by atoms with Crippen molar-refractivity contribution in [2.75, 3.05) is 56.1 Å². The van der Waals surface area contributed by atoms with Gasteiger partial charge in [0.15, 0.2) is 11.4 Å². The van der Waals surface area contributed by atoms with E-state index in [1.54, 1.807) is 18.3 Å². The number of nitrogens with one attached hydrogen (secondary N) is 2. The third-order valence-corrected chi connectivity index (χ3v) is 6.61. The number of nitrogens with zero attached hydrogens (tertiary/aromatic N) is 5. The van der Waals surface area contributed by atoms with Gasteiger partial charge < -0.3 is 29.7 Å². The fraction of sp³-hybridized carbons (Fsp3) is 0.321. The number of anilines is 4. The van der Waals surface area contributed by atoms with Crippen LogP contribution >= 0.6 is 0 Å². The van der Waals surface area contributed by atoms with E-state index in [1.165, 1.54) is 25.7 Å². The van der Waals surface area contributed by atoms with Crippen LogP contribution in [-0.4, -0.2) is 65.9 Å². The van der Waals surface area contributed by atoms with Gasteiger partial charge in [0.05, 0.1) is 44.2 Å². The Balaban J connectivity index is 1.52. The molecule has 0 saturated carbocycles. The highest BCUT2D eigenvalue weighted by atomic mass is 16.5. The molecule has 1 fully saturated rings. The monoisotopic (exact) mass is 545 g/mol. The van der Waals surface area contributed by atoms with Crippen molar-refractivity contribution in [3.63, 3.8) is 0 Å². The summed E-state index contributed by atoms with van der Waals surface area (Å²) in [6.07, 6.45) is 2.12. The summed E-state index contributed by atoms with van der Waals surface area (Å²) in [5.74, 6) is 0.768. The molecule has 1 aliphatic heterocycles. The normalized spacial score (nSPS) is 13.2. The van der Waals surface area contributed by atoms with Crippen LogP contribution in [0.5, 0.6) is 11.5 Å². The molecule has 2 aromatic carbocycles. The van der Waals surface area contributed by atoms with Gasteiger partial charge in [-0.1, -0.05) is 6.92 Å². The number of amides is 1. The van der Waals surface area contributed by atoms with Crippen LogP contribution in [0, 0.1) is 0 Å². The second kappa shape index (κ2) is 11.6. The number of morpholine rings is 1. The maximum Gasteiger partial charge on any atom is 0.354 e. The molecular formula is C28H31N7O5. The van der Waals surface area contributed by atoms with Crippen molar-refractivity contribution in [3.05, 3.63) is 58.8 Å². The lowest BCUT2D eigenvalue weighted by Crippen LogP contribution is -2.36. The van der Waals surface area contributed by atoms with E-state index in [4.69, 9.17) is 14.2 Å². The molecule has 208 valence electrons. The first-order chi connectivity index (χ1) is 19.4. The number of methoxy groups -OCH3 is 2. The molecule has 12 heteroatoms. The molecule has 12 nitrogen and oxygen atoms in total. The predicted molar refractivity (Wildman–Crippen MR) is 152 cm³/mol. The number of carbonyl (C=O) groups is 1. The first-order valence-electron chi connectivity index (χ1n) is 12.9. The maximum absolute atomic E-state index is 13.4. The minimum absolute atomic E-state index is 0.268. The number of hydrogen-bond donors (Lipinski definition) is 2. The van der Waals surface area contributed by atoms with Gasteiger partial charge in [-0.2, -0.15) is 9.97 Å². The summed E-state index contributed by atoms with van der Waals surface area (Å²) in [5.41, 5.74) is 3.04. The molecule has 5 rings (SSSR count). The van der Waals surface area contributed by atoms with E-state index in [2.05, 4.69) is 30.5 Å². The van der Waals surface area contributed by atoms with E-state index >= 15 is 0 Å². The van der Waals surface area contributed by atoms with Crippen LogP contribution in [0.1, 0.15) is 19.5 Å². The van der Waals surface area contributed by atoms with E-state index < -0.39 is 5.69 Å². The molecule has 2 aromatic heterocycles. The van der Waals surface area contributed by atoms with Crippen LogP contribution in [0.4, 0.5) is 23.0 Å². The Morgan fingerprint density at radius 3 is 2.48 bits per heavy atom. The van der Waals surface area contributed by atoms with E-state index in [1.807, 2.05) is 31.2 Å². The Kier molecular flexibility index (Phi) is 7.78. The fourth-order valence-corrected chi connectivity index (χ4v) is 4.77. The van der Waals surface area contributed by atoms with Crippen molar-refractivity contribution < 1.29 is 19.0 Å². The van der Waals surface area contributed by atoms with Crippen molar-refractivity contribution in [2.45, 2.75) is 20.3 Å². The summed E-state index contributed by atoms with van der Waals surface area (Å²) in [4.78, 5) is 40.9. The molecular weight excluding hydrogens is 514 g/mol. The Labute approximate surface area is 230 Å². The molecule has 0 bridgehead atoms. The highest BCUT2D eigenvalue weighted by molar-refractivity contribution is 5.92. The standard InChI is InChI=1S/C28H31N7O5/c1-5-23-21-16-29-27(31-18-6-8-19(9-7-18)34-10-12-40-13-11-34)32-26(21)33-28(37)35(23)24-15-20(38-3)14-22(25(24)39-4)30-17(2)36/h6-9,14-16H,5,10-13H2,1-4H3,(H,30,36)(H,31,32,33,37). The molecule has 2 N–H and O–H groups in total. The minimum Gasteiger partial charge on any atom is -0.497 e. The third-order valence-electron chi connectivity index (χ3n) is 6.61. The van der Waals surface area contributed by atoms with Crippen LogP contribution in [0.25, 0.3) is 16.7 Å². The highest BCUT2D eigenvalue weighted by Gasteiger charge is 2.21. The summed E-state index contributed by atoms with van der Waals surface area (Å²) in [6, 6.07) is 11.3. The van der Waals surface area contributed by atoms with E-state index in [0.29, 0.717) is 46.3 Å². The summed E-state index contributed by atoms with van der Waals surface area (Å²) in [6.45, 7) is 6.48. The quantitative estimate of drug-likeness (QED) is 0.340. The second-order valence-corrected chi connectivity index (χ2v) is 9.14. The molecule has 40 heavy (non-hydrogen) atoms.